The van der Waals surface area contributed by atoms with E-state index in [1.54, 1.807) is 12.3 Å². The molecule has 0 amide bonds. The Morgan fingerprint density at radius 2 is 2.09 bits per heavy atom. The van der Waals surface area contributed by atoms with E-state index in [2.05, 4.69) is 25.9 Å². The van der Waals surface area contributed by atoms with Crippen LogP contribution in [0, 0.1) is 0 Å². The van der Waals surface area contributed by atoms with Crippen molar-refractivity contribution in [3.8, 4) is 0 Å². The lowest BCUT2D eigenvalue weighted by Crippen LogP contribution is -2.36. The zero-order chi connectivity index (χ0) is 16.6. The van der Waals surface area contributed by atoms with E-state index in [9.17, 15) is 8.42 Å². The molecular weight excluding hydrogens is 402 g/mol. The maximum atomic E-state index is 13.2. The molecule has 0 spiro atoms. The standard InChI is InChI=1S/C15H15BrClN3O2S/c1-10(13-4-2-3-7-18-13)20(12-5-6-12)23(21,22)14-8-11(16)9-19-15(14)17/h2-4,7-10,12H,5-6H2,1H3/t10-/m0/s1. The number of hydrogen-bond acceptors (Lipinski definition) is 4. The van der Waals surface area contributed by atoms with Gasteiger partial charge in [0, 0.05) is 22.9 Å². The summed E-state index contributed by atoms with van der Waals surface area (Å²) in [6.45, 7) is 1.84. The lowest BCUT2D eigenvalue weighted by molar-refractivity contribution is 0.329. The molecule has 0 saturated heterocycles. The monoisotopic (exact) mass is 415 g/mol. The predicted octanol–water partition coefficient (Wildman–Crippen LogP) is 3.81. The van der Waals surface area contributed by atoms with Gasteiger partial charge in [0.05, 0.1) is 11.7 Å². The van der Waals surface area contributed by atoms with Crippen molar-refractivity contribution in [2.24, 2.45) is 0 Å². The molecule has 122 valence electrons. The van der Waals surface area contributed by atoms with Crippen LogP contribution in [0.15, 0.2) is 46.0 Å². The molecule has 0 bridgehead atoms. The number of rotatable bonds is 5. The molecule has 0 aromatic carbocycles. The fourth-order valence-corrected chi connectivity index (χ4v) is 5.28. The average Bonchev–Trinajstić information content (AvgIpc) is 3.35. The average molecular weight is 417 g/mol. The quantitative estimate of drug-likeness (QED) is 0.695. The van der Waals surface area contributed by atoms with Crippen LogP contribution in [0.1, 0.15) is 31.5 Å². The molecule has 1 atom stereocenters. The topological polar surface area (TPSA) is 63.2 Å². The summed E-state index contributed by atoms with van der Waals surface area (Å²) in [5.41, 5.74) is 0.710. The van der Waals surface area contributed by atoms with E-state index in [0.717, 1.165) is 12.8 Å². The Balaban J connectivity index is 2.05. The second-order valence-electron chi connectivity index (χ2n) is 5.44. The number of nitrogens with zero attached hydrogens (tertiary/aromatic N) is 3. The lowest BCUT2D eigenvalue weighted by atomic mass is 10.2. The van der Waals surface area contributed by atoms with E-state index < -0.39 is 10.0 Å². The third-order valence-corrected chi connectivity index (χ3v) is 6.62. The zero-order valence-electron chi connectivity index (χ0n) is 12.4. The summed E-state index contributed by atoms with van der Waals surface area (Å²) < 4.78 is 28.4. The highest BCUT2D eigenvalue weighted by atomic mass is 79.9. The molecule has 2 aromatic rings. The van der Waals surface area contributed by atoms with Crippen LogP contribution in [0.3, 0.4) is 0 Å². The minimum atomic E-state index is -3.77. The fraction of sp³-hybridized carbons (Fsp3) is 0.333. The van der Waals surface area contributed by atoms with E-state index in [1.165, 1.54) is 16.6 Å². The molecule has 0 radical (unpaired) electrons. The molecule has 2 heterocycles. The summed E-state index contributed by atoms with van der Waals surface area (Å²) in [5.74, 6) is 0. The van der Waals surface area contributed by atoms with Gasteiger partial charge in [-0.3, -0.25) is 4.98 Å². The first-order chi connectivity index (χ1) is 10.9. The minimum absolute atomic E-state index is 0.0169. The van der Waals surface area contributed by atoms with Gasteiger partial charge in [0.25, 0.3) is 0 Å². The van der Waals surface area contributed by atoms with Gasteiger partial charge >= 0.3 is 0 Å². The highest BCUT2D eigenvalue weighted by Gasteiger charge is 2.43. The zero-order valence-corrected chi connectivity index (χ0v) is 15.5. The second kappa shape index (κ2) is 6.47. The second-order valence-corrected chi connectivity index (χ2v) is 8.52. The van der Waals surface area contributed by atoms with Crippen molar-refractivity contribution in [3.05, 3.63) is 52.0 Å². The molecule has 23 heavy (non-hydrogen) atoms. The largest absolute Gasteiger partial charge is 0.260 e. The summed E-state index contributed by atoms with van der Waals surface area (Å²) in [7, 11) is -3.77. The summed E-state index contributed by atoms with van der Waals surface area (Å²) in [6, 6.07) is 6.59. The Kier molecular flexibility index (Phi) is 4.73. The molecule has 2 aromatic heterocycles. The van der Waals surface area contributed by atoms with Crippen LogP contribution in [-0.2, 0) is 10.0 Å². The van der Waals surface area contributed by atoms with Gasteiger partial charge in [0.1, 0.15) is 10.0 Å². The maximum absolute atomic E-state index is 13.2. The number of halogens is 2. The molecule has 0 unspecified atom stereocenters. The van der Waals surface area contributed by atoms with Crippen LogP contribution >= 0.6 is 27.5 Å². The molecule has 0 N–H and O–H groups in total. The highest BCUT2D eigenvalue weighted by Crippen LogP contribution is 2.40. The number of pyridine rings is 2. The fourth-order valence-electron chi connectivity index (χ4n) is 2.50. The molecule has 1 aliphatic rings. The number of aromatic nitrogens is 2. The van der Waals surface area contributed by atoms with Crippen LogP contribution in [0.25, 0.3) is 0 Å². The summed E-state index contributed by atoms with van der Waals surface area (Å²) in [4.78, 5) is 8.25. The van der Waals surface area contributed by atoms with E-state index >= 15 is 0 Å². The Labute approximate surface area is 148 Å². The third kappa shape index (κ3) is 3.42. The van der Waals surface area contributed by atoms with E-state index in [1.807, 2.05) is 19.1 Å². The van der Waals surface area contributed by atoms with Crippen LogP contribution < -0.4 is 0 Å². The predicted molar refractivity (Wildman–Crippen MR) is 91.6 cm³/mol. The van der Waals surface area contributed by atoms with Gasteiger partial charge in [-0.25, -0.2) is 13.4 Å². The third-order valence-electron chi connectivity index (χ3n) is 3.73. The Hall–Kier alpha value is -1.02. The molecular formula is C15H15BrClN3O2S. The van der Waals surface area contributed by atoms with Crippen molar-refractivity contribution in [1.82, 2.24) is 14.3 Å². The van der Waals surface area contributed by atoms with E-state index in [0.29, 0.717) is 10.2 Å². The van der Waals surface area contributed by atoms with Gasteiger partial charge in [0.2, 0.25) is 10.0 Å². The van der Waals surface area contributed by atoms with Gasteiger partial charge in [-0.05, 0) is 53.9 Å². The normalized spacial score (nSPS) is 16.5. The van der Waals surface area contributed by atoms with Crippen LogP contribution in [0.2, 0.25) is 5.15 Å². The van der Waals surface area contributed by atoms with Crippen molar-refractivity contribution in [1.29, 1.82) is 0 Å². The van der Waals surface area contributed by atoms with Gasteiger partial charge in [-0.2, -0.15) is 4.31 Å². The summed E-state index contributed by atoms with van der Waals surface area (Å²) in [6.07, 6.45) is 4.83. The maximum Gasteiger partial charge on any atom is 0.247 e. The van der Waals surface area contributed by atoms with E-state index in [4.69, 9.17) is 11.6 Å². The Bertz CT molecular complexity index is 813. The molecule has 5 nitrogen and oxygen atoms in total. The Morgan fingerprint density at radius 1 is 1.35 bits per heavy atom. The lowest BCUT2D eigenvalue weighted by Gasteiger charge is -2.28. The number of sulfonamides is 1. The molecule has 8 heteroatoms. The molecule has 1 saturated carbocycles. The molecule has 1 aliphatic carbocycles. The van der Waals surface area contributed by atoms with Crippen molar-refractivity contribution >= 4 is 37.6 Å². The van der Waals surface area contributed by atoms with E-state index in [-0.39, 0.29) is 22.1 Å². The van der Waals surface area contributed by atoms with Gasteiger partial charge < -0.3 is 0 Å². The SMILES string of the molecule is C[C@@H](c1ccccn1)N(C1CC1)S(=O)(=O)c1cc(Br)cnc1Cl. The van der Waals surface area contributed by atoms with Crippen LogP contribution in [0.5, 0.6) is 0 Å². The smallest absolute Gasteiger partial charge is 0.247 e. The van der Waals surface area contributed by atoms with Gasteiger partial charge in [-0.1, -0.05) is 17.7 Å². The highest BCUT2D eigenvalue weighted by molar-refractivity contribution is 9.10. The molecule has 1 fully saturated rings. The van der Waals surface area contributed by atoms with Gasteiger partial charge in [-0.15, -0.1) is 0 Å². The first-order valence-corrected chi connectivity index (χ1v) is 9.78. The van der Waals surface area contributed by atoms with Crippen molar-refractivity contribution in [2.45, 2.75) is 36.7 Å². The molecule has 0 aliphatic heterocycles. The first kappa shape index (κ1) is 16.8. The van der Waals surface area contributed by atoms with Crippen LogP contribution in [0.4, 0.5) is 0 Å². The molecule has 3 rings (SSSR count). The van der Waals surface area contributed by atoms with Crippen molar-refractivity contribution in [3.63, 3.8) is 0 Å². The summed E-state index contributed by atoms with van der Waals surface area (Å²) >= 11 is 9.30. The first-order valence-electron chi connectivity index (χ1n) is 7.17. The summed E-state index contributed by atoms with van der Waals surface area (Å²) in [5, 5.41) is -0.0212. The number of hydrogen-bond donors (Lipinski definition) is 0. The van der Waals surface area contributed by atoms with Crippen LogP contribution in [-0.4, -0.2) is 28.7 Å². The van der Waals surface area contributed by atoms with Gasteiger partial charge in [0.15, 0.2) is 0 Å². The van der Waals surface area contributed by atoms with Crippen molar-refractivity contribution in [2.75, 3.05) is 0 Å². The Morgan fingerprint density at radius 3 is 2.70 bits per heavy atom. The van der Waals surface area contributed by atoms with Crippen molar-refractivity contribution < 1.29 is 8.42 Å². The minimum Gasteiger partial charge on any atom is -0.260 e.